The fourth-order valence-corrected chi connectivity index (χ4v) is 2.73. The molecular formula is C15H13O2PS. The normalized spacial score (nSPS) is 10.6. The van der Waals surface area contributed by atoms with Gasteiger partial charge in [0, 0.05) is 17.3 Å². The average Bonchev–Trinajstić information content (AvgIpc) is 2.37. The fraction of sp³-hybridized carbons (Fsp3) is 0.0667. The second kappa shape index (κ2) is 6.14. The Kier molecular flexibility index (Phi) is 4.52. The van der Waals surface area contributed by atoms with Crippen LogP contribution in [0.3, 0.4) is 0 Å². The van der Waals surface area contributed by atoms with Gasteiger partial charge >= 0.3 is 0 Å². The molecule has 0 atom stereocenters. The minimum absolute atomic E-state index is 0.134. The third kappa shape index (κ3) is 4.98. The van der Waals surface area contributed by atoms with Gasteiger partial charge in [0.05, 0.1) is 0 Å². The topological polar surface area (TPSA) is 40.5 Å². The van der Waals surface area contributed by atoms with E-state index in [2.05, 4.69) is 23.6 Å². The lowest BCUT2D eigenvalue weighted by molar-refractivity contribution is 0.477. The lowest BCUT2D eigenvalue weighted by Crippen LogP contribution is -1.86. The minimum Gasteiger partial charge on any atom is -0.345 e. The summed E-state index contributed by atoms with van der Waals surface area (Å²) in [6.45, 7) is -3.17. The third-order valence-corrected chi connectivity index (χ3v) is 3.63. The highest BCUT2D eigenvalue weighted by Gasteiger charge is 2.07. The highest BCUT2D eigenvalue weighted by Crippen LogP contribution is 2.39. The van der Waals surface area contributed by atoms with Gasteiger partial charge in [-0.05, 0) is 41.6 Å². The molecule has 2 rings (SSSR count). The second-order valence-electron chi connectivity index (χ2n) is 4.14. The molecule has 0 aliphatic heterocycles. The summed E-state index contributed by atoms with van der Waals surface area (Å²) in [4.78, 5) is 18.5. The van der Waals surface area contributed by atoms with E-state index >= 15 is 0 Å². The van der Waals surface area contributed by atoms with E-state index in [-0.39, 0.29) is 6.16 Å². The molecule has 2 N–H and O–H groups in total. The predicted octanol–water partition coefficient (Wildman–Crippen LogP) is 2.88. The van der Waals surface area contributed by atoms with Crippen LogP contribution in [0.4, 0.5) is 0 Å². The van der Waals surface area contributed by atoms with Crippen LogP contribution in [0, 0.1) is 11.8 Å². The maximum Gasteiger partial charge on any atom is 0.187 e. The molecule has 19 heavy (non-hydrogen) atoms. The van der Waals surface area contributed by atoms with Crippen LogP contribution in [0.5, 0.6) is 0 Å². The Labute approximate surface area is 117 Å². The Morgan fingerprint density at radius 3 is 1.89 bits per heavy atom. The van der Waals surface area contributed by atoms with Gasteiger partial charge in [0.2, 0.25) is 0 Å². The van der Waals surface area contributed by atoms with Gasteiger partial charge in [0.25, 0.3) is 0 Å². The van der Waals surface area contributed by atoms with Crippen molar-refractivity contribution in [2.45, 2.75) is 6.16 Å². The highest BCUT2D eigenvalue weighted by atomic mass is 32.5. The molecular weight excluding hydrogens is 275 g/mol. The fourth-order valence-electron chi connectivity index (χ4n) is 1.60. The van der Waals surface area contributed by atoms with E-state index < -0.39 is 6.49 Å². The van der Waals surface area contributed by atoms with Gasteiger partial charge in [-0.1, -0.05) is 42.2 Å². The molecule has 2 nitrogen and oxygen atoms in total. The first-order chi connectivity index (χ1) is 9.03. The first-order valence-electron chi connectivity index (χ1n) is 5.73. The summed E-state index contributed by atoms with van der Waals surface area (Å²) >= 11 is 4.61. The summed E-state index contributed by atoms with van der Waals surface area (Å²) in [5.74, 6) is 6.13. The molecule has 2 aromatic carbocycles. The molecule has 0 heterocycles. The quantitative estimate of drug-likeness (QED) is 0.659. The number of benzene rings is 2. The van der Waals surface area contributed by atoms with Gasteiger partial charge in [0.15, 0.2) is 6.49 Å². The van der Waals surface area contributed by atoms with E-state index in [0.717, 1.165) is 16.7 Å². The number of hydrogen-bond donors (Lipinski definition) is 2. The van der Waals surface area contributed by atoms with Crippen molar-refractivity contribution in [1.29, 1.82) is 0 Å². The minimum atomic E-state index is -3.17. The van der Waals surface area contributed by atoms with Crippen molar-refractivity contribution in [3.8, 4) is 11.8 Å². The maximum absolute atomic E-state index is 9.25. The van der Waals surface area contributed by atoms with Gasteiger partial charge in [-0.25, -0.2) is 0 Å². The molecule has 96 valence electrons. The Morgan fingerprint density at radius 2 is 1.37 bits per heavy atom. The van der Waals surface area contributed by atoms with Gasteiger partial charge < -0.3 is 9.79 Å². The predicted molar refractivity (Wildman–Crippen MR) is 81.3 cm³/mol. The Hall–Kier alpha value is -1.43. The van der Waals surface area contributed by atoms with E-state index in [9.17, 15) is 9.79 Å². The largest absolute Gasteiger partial charge is 0.345 e. The van der Waals surface area contributed by atoms with Crippen molar-refractivity contribution < 1.29 is 9.79 Å². The van der Waals surface area contributed by atoms with Crippen molar-refractivity contribution in [3.05, 3.63) is 71.3 Å². The summed E-state index contributed by atoms with van der Waals surface area (Å²) in [5, 5.41) is 0. The molecule has 2 aromatic rings. The van der Waals surface area contributed by atoms with Gasteiger partial charge in [-0.15, -0.1) is 0 Å². The first-order valence-corrected chi connectivity index (χ1v) is 8.63. The summed E-state index contributed by atoms with van der Waals surface area (Å²) < 4.78 is 0. The average molecular weight is 288 g/mol. The van der Waals surface area contributed by atoms with Crippen molar-refractivity contribution >= 4 is 18.3 Å². The van der Waals surface area contributed by atoms with E-state index in [4.69, 9.17) is 0 Å². The van der Waals surface area contributed by atoms with Gasteiger partial charge in [0.1, 0.15) is 0 Å². The molecule has 0 radical (unpaired) electrons. The van der Waals surface area contributed by atoms with E-state index in [1.54, 1.807) is 0 Å². The molecule has 0 fully saturated rings. The van der Waals surface area contributed by atoms with Gasteiger partial charge in [-0.2, -0.15) is 0 Å². The molecule has 0 aliphatic carbocycles. The van der Waals surface area contributed by atoms with Gasteiger partial charge in [-0.3, -0.25) is 0 Å². The van der Waals surface area contributed by atoms with Crippen molar-refractivity contribution in [2.75, 3.05) is 0 Å². The SMILES string of the molecule is OP(O)(=S)Cc1ccc(C#Cc2ccccc2)cc1. The zero-order valence-electron chi connectivity index (χ0n) is 10.2. The van der Waals surface area contributed by atoms with Crippen LogP contribution in [-0.4, -0.2) is 9.79 Å². The van der Waals surface area contributed by atoms with Crippen molar-refractivity contribution in [3.63, 3.8) is 0 Å². The Balaban J connectivity index is 2.12. The molecule has 0 saturated carbocycles. The zero-order valence-corrected chi connectivity index (χ0v) is 11.9. The maximum atomic E-state index is 9.25. The molecule has 0 saturated heterocycles. The van der Waals surface area contributed by atoms with Crippen LogP contribution < -0.4 is 0 Å². The van der Waals surface area contributed by atoms with E-state index in [1.165, 1.54) is 0 Å². The molecule has 0 spiro atoms. The van der Waals surface area contributed by atoms with E-state index in [0.29, 0.717) is 0 Å². The molecule has 0 aliphatic rings. The molecule has 0 aromatic heterocycles. The zero-order chi connectivity index (χ0) is 13.7. The van der Waals surface area contributed by atoms with Crippen LogP contribution in [0.2, 0.25) is 0 Å². The highest BCUT2D eigenvalue weighted by molar-refractivity contribution is 8.08. The van der Waals surface area contributed by atoms with Crippen LogP contribution >= 0.6 is 6.49 Å². The van der Waals surface area contributed by atoms with Crippen LogP contribution in [-0.2, 0) is 18.0 Å². The smallest absolute Gasteiger partial charge is 0.187 e. The monoisotopic (exact) mass is 288 g/mol. The van der Waals surface area contributed by atoms with Crippen LogP contribution in [0.25, 0.3) is 0 Å². The summed E-state index contributed by atoms with van der Waals surface area (Å²) in [5.41, 5.74) is 2.67. The van der Waals surface area contributed by atoms with Crippen molar-refractivity contribution in [2.24, 2.45) is 0 Å². The molecule has 0 amide bonds. The Bertz CT molecular complexity index is 648. The second-order valence-corrected chi connectivity index (χ2v) is 7.54. The van der Waals surface area contributed by atoms with Crippen molar-refractivity contribution in [1.82, 2.24) is 0 Å². The molecule has 0 unspecified atom stereocenters. The number of hydrogen-bond acceptors (Lipinski definition) is 1. The summed E-state index contributed by atoms with van der Waals surface area (Å²) in [7, 11) is 0. The lowest BCUT2D eigenvalue weighted by atomic mass is 10.1. The molecule has 4 heteroatoms. The standard InChI is InChI=1S/C15H13O2PS/c16-18(17,19)12-15-10-8-14(9-11-15)7-6-13-4-2-1-3-5-13/h1-5,8-11H,12H2,(H2,16,17,19). The van der Waals surface area contributed by atoms with Crippen LogP contribution in [0.15, 0.2) is 54.6 Å². The van der Waals surface area contributed by atoms with Crippen LogP contribution in [0.1, 0.15) is 16.7 Å². The summed E-state index contributed by atoms with van der Waals surface area (Å²) in [6, 6.07) is 17.1. The third-order valence-electron chi connectivity index (χ3n) is 2.47. The lowest BCUT2D eigenvalue weighted by Gasteiger charge is -2.06. The molecule has 0 bridgehead atoms. The Morgan fingerprint density at radius 1 is 0.842 bits per heavy atom. The number of rotatable bonds is 2. The first kappa shape index (κ1) is 14.0. The summed E-state index contributed by atoms with van der Waals surface area (Å²) in [6.07, 6.45) is 0.134. The van der Waals surface area contributed by atoms with E-state index in [1.807, 2.05) is 54.6 Å².